The summed E-state index contributed by atoms with van der Waals surface area (Å²) in [6.45, 7) is 2.24. The van der Waals surface area contributed by atoms with Crippen molar-refractivity contribution in [3.05, 3.63) is 46.3 Å². The highest BCUT2D eigenvalue weighted by atomic mass is 19.1. The predicted molar refractivity (Wildman–Crippen MR) is 73.6 cm³/mol. The molecule has 2 aromatic rings. The molecule has 1 aliphatic rings. The van der Waals surface area contributed by atoms with E-state index in [4.69, 9.17) is 4.74 Å². The monoisotopic (exact) mass is 276 g/mol. The van der Waals surface area contributed by atoms with Gasteiger partial charge in [-0.2, -0.15) is 0 Å². The molecular formula is C14H13FN2O3. The highest BCUT2D eigenvalue weighted by Gasteiger charge is 2.19. The van der Waals surface area contributed by atoms with Gasteiger partial charge in [-0.15, -0.1) is 0 Å². The van der Waals surface area contributed by atoms with Gasteiger partial charge in [-0.25, -0.2) is 4.39 Å². The highest BCUT2D eigenvalue weighted by Crippen LogP contribution is 2.32. The Labute approximate surface area is 114 Å². The van der Waals surface area contributed by atoms with Gasteiger partial charge >= 0.3 is 0 Å². The molecule has 0 aromatic heterocycles. The van der Waals surface area contributed by atoms with Gasteiger partial charge in [-0.3, -0.25) is 10.1 Å². The summed E-state index contributed by atoms with van der Waals surface area (Å²) in [5.74, 6) is -0.361. The molecule has 2 aromatic carbocycles. The second kappa shape index (κ2) is 5.05. The van der Waals surface area contributed by atoms with Crippen molar-refractivity contribution in [3.63, 3.8) is 0 Å². The Balaban J connectivity index is 2.15. The molecule has 5 nitrogen and oxygen atoms in total. The number of nitro benzene ring substituents is 1. The van der Waals surface area contributed by atoms with Crippen LogP contribution in [0.3, 0.4) is 0 Å². The average molecular weight is 276 g/mol. The molecule has 1 fully saturated rings. The van der Waals surface area contributed by atoms with E-state index in [1.807, 2.05) is 4.90 Å². The summed E-state index contributed by atoms with van der Waals surface area (Å²) in [5, 5.41) is 12.1. The fourth-order valence-electron chi connectivity index (χ4n) is 2.48. The quantitative estimate of drug-likeness (QED) is 0.625. The van der Waals surface area contributed by atoms with Crippen molar-refractivity contribution in [1.82, 2.24) is 0 Å². The number of morpholine rings is 1. The zero-order valence-electron chi connectivity index (χ0n) is 10.7. The largest absolute Gasteiger partial charge is 0.378 e. The maximum atomic E-state index is 14.2. The summed E-state index contributed by atoms with van der Waals surface area (Å²) in [5.41, 5.74) is 0.395. The number of nitrogens with zero attached hydrogens (tertiary/aromatic N) is 2. The minimum absolute atomic E-state index is 0.00277. The lowest BCUT2D eigenvalue weighted by Gasteiger charge is -2.29. The number of fused-ring (bicyclic) bond motifs is 1. The molecule has 0 N–H and O–H groups in total. The van der Waals surface area contributed by atoms with Crippen LogP contribution in [0, 0.1) is 15.9 Å². The first-order valence-corrected chi connectivity index (χ1v) is 6.36. The molecule has 3 rings (SSSR count). The summed E-state index contributed by atoms with van der Waals surface area (Å²) < 4.78 is 19.4. The molecular weight excluding hydrogens is 263 g/mol. The van der Waals surface area contributed by atoms with E-state index in [1.165, 1.54) is 12.1 Å². The predicted octanol–water partition coefficient (Wildman–Crippen LogP) is 2.72. The number of non-ortho nitro benzene ring substituents is 1. The van der Waals surface area contributed by atoms with Gasteiger partial charge in [-0.1, -0.05) is 12.1 Å². The standard InChI is InChI=1S/C14H13FN2O3/c15-12-8-10-2-1-3-13(17(18)19)11(10)9-14(12)16-4-6-20-7-5-16/h1-3,8-9H,4-7H2. The first kappa shape index (κ1) is 12.8. The number of nitro groups is 1. The van der Waals surface area contributed by atoms with Crippen molar-refractivity contribution in [2.75, 3.05) is 31.2 Å². The summed E-state index contributed by atoms with van der Waals surface area (Å²) in [4.78, 5) is 12.5. The van der Waals surface area contributed by atoms with E-state index in [9.17, 15) is 14.5 Å². The number of ether oxygens (including phenoxy) is 1. The number of anilines is 1. The normalized spacial score (nSPS) is 15.6. The van der Waals surface area contributed by atoms with E-state index >= 15 is 0 Å². The Morgan fingerprint density at radius 2 is 2.00 bits per heavy atom. The van der Waals surface area contributed by atoms with Crippen molar-refractivity contribution < 1.29 is 14.1 Å². The molecule has 0 unspecified atom stereocenters. The van der Waals surface area contributed by atoms with Crippen LogP contribution >= 0.6 is 0 Å². The topological polar surface area (TPSA) is 55.6 Å². The van der Waals surface area contributed by atoms with Crippen molar-refractivity contribution in [1.29, 1.82) is 0 Å². The highest BCUT2D eigenvalue weighted by molar-refractivity contribution is 5.93. The molecule has 0 bridgehead atoms. The van der Waals surface area contributed by atoms with Gasteiger partial charge in [0, 0.05) is 19.2 Å². The Kier molecular flexibility index (Phi) is 3.23. The van der Waals surface area contributed by atoms with Crippen LogP contribution in [0.1, 0.15) is 0 Å². The Bertz CT molecular complexity index is 669. The van der Waals surface area contributed by atoms with Crippen LogP contribution < -0.4 is 4.90 Å². The van der Waals surface area contributed by atoms with E-state index in [1.54, 1.807) is 18.2 Å². The molecule has 0 aliphatic carbocycles. The van der Waals surface area contributed by atoms with E-state index in [2.05, 4.69) is 0 Å². The van der Waals surface area contributed by atoms with Crippen LogP contribution in [0.2, 0.25) is 0 Å². The molecule has 0 amide bonds. The second-order valence-corrected chi connectivity index (χ2v) is 4.66. The fraction of sp³-hybridized carbons (Fsp3) is 0.286. The van der Waals surface area contributed by atoms with Crippen LogP contribution in [0.4, 0.5) is 15.8 Å². The Morgan fingerprint density at radius 1 is 1.25 bits per heavy atom. The van der Waals surface area contributed by atoms with Crippen molar-refractivity contribution >= 4 is 22.1 Å². The third-order valence-electron chi connectivity index (χ3n) is 3.47. The molecule has 104 valence electrons. The van der Waals surface area contributed by atoms with Gasteiger partial charge in [0.05, 0.1) is 29.2 Å². The second-order valence-electron chi connectivity index (χ2n) is 4.66. The smallest absolute Gasteiger partial charge is 0.277 e. The lowest BCUT2D eigenvalue weighted by molar-refractivity contribution is -0.383. The van der Waals surface area contributed by atoms with Crippen LogP contribution in [-0.2, 0) is 4.74 Å². The fourth-order valence-corrected chi connectivity index (χ4v) is 2.48. The molecule has 0 spiro atoms. The van der Waals surface area contributed by atoms with Gasteiger partial charge in [-0.05, 0) is 17.5 Å². The number of benzene rings is 2. The zero-order chi connectivity index (χ0) is 14.1. The molecule has 0 radical (unpaired) electrons. The van der Waals surface area contributed by atoms with Gasteiger partial charge in [0.2, 0.25) is 0 Å². The third kappa shape index (κ3) is 2.18. The minimum Gasteiger partial charge on any atom is -0.378 e. The summed E-state index contributed by atoms with van der Waals surface area (Å²) >= 11 is 0. The van der Waals surface area contributed by atoms with Crippen LogP contribution in [0.15, 0.2) is 30.3 Å². The first-order chi connectivity index (χ1) is 9.66. The third-order valence-corrected chi connectivity index (χ3v) is 3.47. The van der Waals surface area contributed by atoms with Gasteiger partial charge in [0.15, 0.2) is 0 Å². The Morgan fingerprint density at radius 3 is 2.70 bits per heavy atom. The van der Waals surface area contributed by atoms with Crippen molar-refractivity contribution in [2.45, 2.75) is 0 Å². The number of hydrogen-bond donors (Lipinski definition) is 0. The molecule has 0 saturated carbocycles. The maximum Gasteiger partial charge on any atom is 0.277 e. The SMILES string of the molecule is O=[N+]([O-])c1cccc2cc(F)c(N3CCOCC3)cc12. The lowest BCUT2D eigenvalue weighted by atomic mass is 10.1. The zero-order valence-corrected chi connectivity index (χ0v) is 10.7. The maximum absolute atomic E-state index is 14.2. The van der Waals surface area contributed by atoms with E-state index in [-0.39, 0.29) is 11.5 Å². The van der Waals surface area contributed by atoms with Gasteiger partial charge < -0.3 is 9.64 Å². The van der Waals surface area contributed by atoms with Crippen LogP contribution in [-0.4, -0.2) is 31.2 Å². The molecule has 1 heterocycles. The summed E-state index contributed by atoms with van der Waals surface area (Å²) in [7, 11) is 0. The Hall–Kier alpha value is -2.21. The molecule has 20 heavy (non-hydrogen) atoms. The summed E-state index contributed by atoms with van der Waals surface area (Å²) in [6, 6.07) is 7.59. The molecule has 1 saturated heterocycles. The number of rotatable bonds is 2. The molecule has 1 aliphatic heterocycles. The van der Waals surface area contributed by atoms with Crippen LogP contribution in [0.5, 0.6) is 0 Å². The van der Waals surface area contributed by atoms with Gasteiger partial charge in [0.25, 0.3) is 5.69 Å². The van der Waals surface area contributed by atoms with Gasteiger partial charge in [0.1, 0.15) is 5.82 Å². The first-order valence-electron chi connectivity index (χ1n) is 6.36. The number of halogens is 1. The minimum atomic E-state index is -0.441. The van der Waals surface area contributed by atoms with E-state index < -0.39 is 4.92 Å². The van der Waals surface area contributed by atoms with E-state index in [0.717, 1.165) is 0 Å². The summed E-state index contributed by atoms with van der Waals surface area (Å²) in [6.07, 6.45) is 0. The lowest BCUT2D eigenvalue weighted by Crippen LogP contribution is -2.36. The van der Waals surface area contributed by atoms with Crippen molar-refractivity contribution in [3.8, 4) is 0 Å². The molecule has 0 atom stereocenters. The van der Waals surface area contributed by atoms with E-state index in [0.29, 0.717) is 42.8 Å². The van der Waals surface area contributed by atoms with Crippen molar-refractivity contribution in [2.24, 2.45) is 0 Å². The average Bonchev–Trinajstić information content (AvgIpc) is 2.46. The number of hydrogen-bond acceptors (Lipinski definition) is 4. The van der Waals surface area contributed by atoms with Crippen LogP contribution in [0.25, 0.3) is 10.8 Å². The molecule has 6 heteroatoms.